The molecule has 0 saturated carbocycles. The maximum atomic E-state index is 11.9. The van der Waals surface area contributed by atoms with Crippen molar-refractivity contribution in [2.45, 2.75) is 24.9 Å². The highest BCUT2D eigenvalue weighted by atomic mass is 16.5. The van der Waals surface area contributed by atoms with Crippen LogP contribution in [0.1, 0.15) is 16.7 Å². The van der Waals surface area contributed by atoms with Crippen LogP contribution in [0, 0.1) is 0 Å². The van der Waals surface area contributed by atoms with E-state index in [9.17, 15) is 15.0 Å². The standard InChI is InChI=1S/C26H27NO5/c1-31-26(30)25(29)24(28)22(18-32-17-19-11-5-2-6-12-19)27-23(20-13-7-3-8-14-20)21-15-9-4-10-16-21/h2-16,22,24-25,28-29H,17-18H2,1H3/t22-,24-,25-/m1/s1. The highest BCUT2D eigenvalue weighted by molar-refractivity contribution is 6.13. The molecule has 3 atom stereocenters. The quantitative estimate of drug-likeness (QED) is 0.379. The van der Waals surface area contributed by atoms with Crippen molar-refractivity contribution in [3.63, 3.8) is 0 Å². The first-order valence-corrected chi connectivity index (χ1v) is 10.3. The molecule has 0 unspecified atom stereocenters. The fourth-order valence-electron chi connectivity index (χ4n) is 3.23. The topological polar surface area (TPSA) is 88.4 Å². The lowest BCUT2D eigenvalue weighted by molar-refractivity contribution is -0.158. The van der Waals surface area contributed by atoms with E-state index in [2.05, 4.69) is 4.74 Å². The Morgan fingerprint density at radius 2 is 1.34 bits per heavy atom. The molecule has 0 amide bonds. The first kappa shape index (κ1) is 23.3. The average molecular weight is 434 g/mol. The molecule has 166 valence electrons. The Morgan fingerprint density at radius 1 is 0.844 bits per heavy atom. The fourth-order valence-corrected chi connectivity index (χ4v) is 3.23. The van der Waals surface area contributed by atoms with Crippen molar-refractivity contribution in [1.82, 2.24) is 0 Å². The van der Waals surface area contributed by atoms with Crippen molar-refractivity contribution in [2.24, 2.45) is 4.99 Å². The summed E-state index contributed by atoms with van der Waals surface area (Å²) in [5.74, 6) is -0.929. The zero-order valence-corrected chi connectivity index (χ0v) is 17.9. The first-order chi connectivity index (χ1) is 15.6. The molecule has 0 bridgehead atoms. The molecule has 2 N–H and O–H groups in total. The van der Waals surface area contributed by atoms with E-state index in [-0.39, 0.29) is 6.61 Å². The van der Waals surface area contributed by atoms with Gasteiger partial charge in [-0.25, -0.2) is 4.79 Å². The molecule has 0 heterocycles. The van der Waals surface area contributed by atoms with Crippen LogP contribution < -0.4 is 0 Å². The Balaban J connectivity index is 1.93. The number of hydrogen-bond acceptors (Lipinski definition) is 6. The van der Waals surface area contributed by atoms with E-state index in [4.69, 9.17) is 9.73 Å². The third-order valence-electron chi connectivity index (χ3n) is 4.95. The number of carbonyl (C=O) groups excluding carboxylic acids is 1. The minimum atomic E-state index is -1.75. The van der Waals surface area contributed by atoms with E-state index < -0.39 is 24.2 Å². The van der Waals surface area contributed by atoms with E-state index in [1.54, 1.807) is 0 Å². The van der Waals surface area contributed by atoms with Crippen molar-refractivity contribution in [3.05, 3.63) is 108 Å². The molecule has 0 aromatic heterocycles. The van der Waals surface area contributed by atoms with Crippen LogP contribution in [0.2, 0.25) is 0 Å². The molecule has 0 radical (unpaired) electrons. The van der Waals surface area contributed by atoms with Gasteiger partial charge in [-0.15, -0.1) is 0 Å². The highest BCUT2D eigenvalue weighted by Gasteiger charge is 2.33. The summed E-state index contributed by atoms with van der Waals surface area (Å²) in [7, 11) is 1.15. The summed E-state index contributed by atoms with van der Waals surface area (Å²) in [4.78, 5) is 16.6. The van der Waals surface area contributed by atoms with Crippen molar-refractivity contribution >= 4 is 11.7 Å². The second kappa shape index (κ2) is 11.9. The summed E-state index contributed by atoms with van der Waals surface area (Å²) in [6.45, 7) is 0.299. The van der Waals surface area contributed by atoms with Gasteiger partial charge in [-0.05, 0) is 5.56 Å². The monoisotopic (exact) mass is 433 g/mol. The van der Waals surface area contributed by atoms with Gasteiger partial charge in [-0.3, -0.25) is 4.99 Å². The van der Waals surface area contributed by atoms with E-state index in [0.717, 1.165) is 23.8 Å². The Labute approximate surface area is 187 Å². The minimum Gasteiger partial charge on any atom is -0.467 e. The Kier molecular flexibility index (Phi) is 8.69. The maximum absolute atomic E-state index is 11.9. The number of aliphatic hydroxyl groups is 2. The number of benzene rings is 3. The maximum Gasteiger partial charge on any atom is 0.337 e. The van der Waals surface area contributed by atoms with E-state index in [0.29, 0.717) is 12.3 Å². The number of aliphatic hydroxyl groups excluding tert-OH is 2. The Hall–Kier alpha value is -3.32. The molecule has 6 heteroatoms. The lowest BCUT2D eigenvalue weighted by atomic mass is 10.0. The molecule has 3 rings (SSSR count). The Bertz CT molecular complexity index is 951. The van der Waals surface area contributed by atoms with Gasteiger partial charge < -0.3 is 19.7 Å². The molecule has 32 heavy (non-hydrogen) atoms. The molecular weight excluding hydrogens is 406 g/mol. The molecule has 0 fully saturated rings. The average Bonchev–Trinajstić information content (AvgIpc) is 2.86. The van der Waals surface area contributed by atoms with Crippen LogP contribution in [0.4, 0.5) is 0 Å². The molecule has 0 saturated heterocycles. The summed E-state index contributed by atoms with van der Waals surface area (Å²) in [6, 6.07) is 27.7. The smallest absolute Gasteiger partial charge is 0.337 e. The number of methoxy groups -OCH3 is 1. The third kappa shape index (κ3) is 6.34. The van der Waals surface area contributed by atoms with Crippen LogP contribution in [0.25, 0.3) is 0 Å². The fraction of sp³-hybridized carbons (Fsp3) is 0.231. The van der Waals surface area contributed by atoms with Crippen LogP contribution in [0.3, 0.4) is 0 Å². The largest absolute Gasteiger partial charge is 0.467 e. The molecule has 3 aromatic carbocycles. The van der Waals surface area contributed by atoms with Gasteiger partial charge in [0.25, 0.3) is 0 Å². The van der Waals surface area contributed by atoms with Crippen LogP contribution >= 0.6 is 0 Å². The number of carbonyl (C=O) groups is 1. The van der Waals surface area contributed by atoms with Crippen LogP contribution in [-0.2, 0) is 20.9 Å². The van der Waals surface area contributed by atoms with Gasteiger partial charge in [0, 0.05) is 11.1 Å². The second-order valence-corrected chi connectivity index (χ2v) is 7.24. The number of rotatable bonds is 10. The van der Waals surface area contributed by atoms with Gasteiger partial charge in [0.2, 0.25) is 0 Å². The van der Waals surface area contributed by atoms with E-state index >= 15 is 0 Å². The zero-order valence-electron chi connectivity index (χ0n) is 17.9. The molecule has 0 spiro atoms. The lowest BCUT2D eigenvalue weighted by Crippen LogP contribution is -2.44. The summed E-state index contributed by atoms with van der Waals surface area (Å²) in [5.41, 5.74) is 3.26. The van der Waals surface area contributed by atoms with Gasteiger partial charge in [0.1, 0.15) is 12.1 Å². The van der Waals surface area contributed by atoms with Crippen molar-refractivity contribution in [1.29, 1.82) is 0 Å². The van der Waals surface area contributed by atoms with Crippen LogP contribution in [0.15, 0.2) is 96.0 Å². The van der Waals surface area contributed by atoms with Gasteiger partial charge in [-0.2, -0.15) is 0 Å². The molecule has 0 aliphatic rings. The first-order valence-electron chi connectivity index (χ1n) is 10.3. The molecular formula is C26H27NO5. The van der Waals surface area contributed by atoms with Crippen molar-refractivity contribution in [2.75, 3.05) is 13.7 Å². The highest BCUT2D eigenvalue weighted by Crippen LogP contribution is 2.16. The molecule has 6 nitrogen and oxygen atoms in total. The number of ether oxygens (including phenoxy) is 2. The zero-order chi connectivity index (χ0) is 22.8. The second-order valence-electron chi connectivity index (χ2n) is 7.24. The van der Waals surface area contributed by atoms with Crippen LogP contribution in [-0.4, -0.2) is 53.9 Å². The summed E-state index contributed by atoms with van der Waals surface area (Å²) in [5, 5.41) is 21.1. The number of esters is 1. The van der Waals surface area contributed by atoms with E-state index in [1.807, 2.05) is 91.0 Å². The minimum absolute atomic E-state index is 0.00666. The molecule has 3 aromatic rings. The van der Waals surface area contributed by atoms with Gasteiger partial charge in [0.15, 0.2) is 6.10 Å². The number of aliphatic imine (C=N–C) groups is 1. The van der Waals surface area contributed by atoms with Gasteiger partial charge in [0.05, 0.1) is 26.0 Å². The van der Waals surface area contributed by atoms with Crippen molar-refractivity contribution < 1.29 is 24.5 Å². The molecule has 0 aliphatic heterocycles. The molecule has 0 aliphatic carbocycles. The summed E-state index contributed by atoms with van der Waals surface area (Å²) in [6.07, 6.45) is -3.26. The summed E-state index contributed by atoms with van der Waals surface area (Å²) >= 11 is 0. The lowest BCUT2D eigenvalue weighted by Gasteiger charge is -2.24. The van der Waals surface area contributed by atoms with Gasteiger partial charge >= 0.3 is 5.97 Å². The Morgan fingerprint density at radius 3 is 1.84 bits per heavy atom. The number of nitrogens with zero attached hydrogens (tertiary/aromatic N) is 1. The van der Waals surface area contributed by atoms with E-state index in [1.165, 1.54) is 0 Å². The summed E-state index contributed by atoms with van der Waals surface area (Å²) < 4.78 is 10.4. The third-order valence-corrected chi connectivity index (χ3v) is 4.95. The van der Waals surface area contributed by atoms with Crippen LogP contribution in [0.5, 0.6) is 0 Å². The predicted molar refractivity (Wildman–Crippen MR) is 122 cm³/mol. The van der Waals surface area contributed by atoms with Gasteiger partial charge in [-0.1, -0.05) is 91.0 Å². The number of hydrogen-bond donors (Lipinski definition) is 2. The SMILES string of the molecule is COC(=O)[C@H](O)[C@H](O)[C@@H](COCc1ccccc1)N=C(c1ccccc1)c1ccccc1. The normalized spacial score (nSPS) is 13.6. The van der Waals surface area contributed by atoms with Crippen molar-refractivity contribution in [3.8, 4) is 0 Å². The predicted octanol–water partition coefficient (Wildman–Crippen LogP) is 3.00.